The highest BCUT2D eigenvalue weighted by molar-refractivity contribution is 7.88. The van der Waals surface area contributed by atoms with E-state index in [0.29, 0.717) is 0 Å². The van der Waals surface area contributed by atoms with E-state index in [1.54, 1.807) is 18.4 Å². The maximum absolute atomic E-state index is 10.7. The number of hydrogen-bond donors (Lipinski definition) is 0. The van der Waals surface area contributed by atoms with Gasteiger partial charge in [-0.3, -0.25) is 4.21 Å². The Hall–Kier alpha value is -0.630. The molecular formula is C8H12OS. The van der Waals surface area contributed by atoms with Crippen molar-refractivity contribution in [2.45, 2.75) is 6.92 Å². The average molecular weight is 156 g/mol. The zero-order valence-corrected chi connectivity index (χ0v) is 7.15. The van der Waals surface area contributed by atoms with Gasteiger partial charge < -0.3 is 0 Å². The minimum Gasteiger partial charge on any atom is -0.255 e. The van der Waals surface area contributed by atoms with E-state index >= 15 is 0 Å². The van der Waals surface area contributed by atoms with Gasteiger partial charge in [-0.1, -0.05) is 30.9 Å². The Balaban J connectivity index is 4.04. The Kier molecular flexibility index (Phi) is 4.85. The van der Waals surface area contributed by atoms with Crippen molar-refractivity contribution in [2.75, 3.05) is 6.26 Å². The minimum atomic E-state index is -0.838. The number of hydrogen-bond acceptors (Lipinski definition) is 1. The first-order valence-corrected chi connectivity index (χ1v) is 4.53. The second kappa shape index (κ2) is 5.18. The first-order valence-electron chi connectivity index (χ1n) is 2.98. The number of rotatable bonds is 3. The molecule has 1 unspecified atom stereocenters. The van der Waals surface area contributed by atoms with Crippen LogP contribution in [-0.2, 0) is 10.8 Å². The van der Waals surface area contributed by atoms with Crippen molar-refractivity contribution >= 4 is 10.8 Å². The lowest BCUT2D eigenvalue weighted by atomic mass is 10.4. The lowest BCUT2D eigenvalue weighted by molar-refractivity contribution is 0.690. The zero-order valence-electron chi connectivity index (χ0n) is 6.33. The first kappa shape index (κ1) is 9.37. The fourth-order valence-electron chi connectivity index (χ4n) is 0.365. The van der Waals surface area contributed by atoms with E-state index in [-0.39, 0.29) is 0 Å². The molecule has 0 radical (unpaired) electrons. The quantitative estimate of drug-likeness (QED) is 0.571. The molecule has 0 fully saturated rings. The highest BCUT2D eigenvalue weighted by atomic mass is 32.2. The Morgan fingerprint density at radius 2 is 2.10 bits per heavy atom. The molecule has 0 bridgehead atoms. The summed E-state index contributed by atoms with van der Waals surface area (Å²) in [6.45, 7) is 5.35. The molecule has 0 aliphatic heterocycles. The summed E-state index contributed by atoms with van der Waals surface area (Å²) in [7, 11) is -0.838. The van der Waals surface area contributed by atoms with Gasteiger partial charge in [-0.05, 0) is 6.92 Å². The van der Waals surface area contributed by atoms with Crippen LogP contribution in [0.2, 0.25) is 0 Å². The zero-order chi connectivity index (χ0) is 7.98. The van der Waals surface area contributed by atoms with Crippen LogP contribution in [0.1, 0.15) is 6.92 Å². The van der Waals surface area contributed by atoms with Crippen LogP contribution < -0.4 is 0 Å². The predicted octanol–water partition coefficient (Wildman–Crippen LogP) is 2.01. The minimum absolute atomic E-state index is 0.838. The molecule has 0 aromatic heterocycles. The molecule has 0 aromatic rings. The third kappa shape index (κ3) is 4.27. The SMILES string of the molecule is C=C/C=C\C=C(/C)S(C)=O. The summed E-state index contributed by atoms with van der Waals surface area (Å²) < 4.78 is 10.7. The third-order valence-corrected chi connectivity index (χ3v) is 2.07. The van der Waals surface area contributed by atoms with Crippen molar-refractivity contribution in [1.29, 1.82) is 0 Å². The summed E-state index contributed by atoms with van der Waals surface area (Å²) in [6.07, 6.45) is 8.79. The maximum Gasteiger partial charge on any atom is 0.0453 e. The molecule has 0 aliphatic carbocycles. The Morgan fingerprint density at radius 1 is 1.50 bits per heavy atom. The van der Waals surface area contributed by atoms with Crippen LogP contribution in [0.3, 0.4) is 0 Å². The summed E-state index contributed by atoms with van der Waals surface area (Å²) in [5.74, 6) is 0. The summed E-state index contributed by atoms with van der Waals surface area (Å²) in [6, 6.07) is 0. The van der Waals surface area contributed by atoms with Crippen molar-refractivity contribution in [1.82, 2.24) is 0 Å². The van der Waals surface area contributed by atoms with Gasteiger partial charge in [0.25, 0.3) is 0 Å². The molecule has 0 saturated heterocycles. The fraction of sp³-hybridized carbons (Fsp3) is 0.250. The molecule has 56 valence electrons. The second-order valence-corrected chi connectivity index (χ2v) is 3.40. The van der Waals surface area contributed by atoms with Gasteiger partial charge >= 0.3 is 0 Å². The second-order valence-electron chi connectivity index (χ2n) is 1.85. The highest BCUT2D eigenvalue weighted by Crippen LogP contribution is 1.96. The predicted molar refractivity (Wildman–Crippen MR) is 47.2 cm³/mol. The van der Waals surface area contributed by atoms with E-state index in [4.69, 9.17) is 0 Å². The molecule has 0 saturated carbocycles. The van der Waals surface area contributed by atoms with Gasteiger partial charge in [0.2, 0.25) is 0 Å². The van der Waals surface area contributed by atoms with E-state index in [9.17, 15) is 4.21 Å². The molecule has 10 heavy (non-hydrogen) atoms. The fourth-order valence-corrected chi connectivity index (χ4v) is 0.636. The van der Waals surface area contributed by atoms with Gasteiger partial charge in [0.15, 0.2) is 0 Å². The molecule has 1 nitrogen and oxygen atoms in total. The van der Waals surface area contributed by atoms with E-state index in [2.05, 4.69) is 6.58 Å². The van der Waals surface area contributed by atoms with E-state index in [1.165, 1.54) is 0 Å². The highest BCUT2D eigenvalue weighted by Gasteiger charge is 1.88. The van der Waals surface area contributed by atoms with Gasteiger partial charge in [0.1, 0.15) is 0 Å². The van der Waals surface area contributed by atoms with Crippen molar-refractivity contribution in [3.8, 4) is 0 Å². The molecule has 0 aliphatic rings. The van der Waals surface area contributed by atoms with Gasteiger partial charge in [-0.25, -0.2) is 0 Å². The summed E-state index contributed by atoms with van der Waals surface area (Å²) in [5, 5.41) is 0. The van der Waals surface area contributed by atoms with Crippen LogP contribution in [0.4, 0.5) is 0 Å². The van der Waals surface area contributed by atoms with E-state index in [1.807, 2.05) is 19.1 Å². The summed E-state index contributed by atoms with van der Waals surface area (Å²) in [4.78, 5) is 0.873. The molecule has 0 spiro atoms. The van der Waals surface area contributed by atoms with Crippen LogP contribution in [-0.4, -0.2) is 10.5 Å². The third-order valence-electron chi connectivity index (χ3n) is 1.03. The monoisotopic (exact) mass is 156 g/mol. The molecule has 2 heteroatoms. The Bertz CT molecular complexity index is 189. The molecule has 1 atom stereocenters. The molecule has 0 amide bonds. The van der Waals surface area contributed by atoms with Crippen LogP contribution in [0, 0.1) is 0 Å². The topological polar surface area (TPSA) is 17.1 Å². The van der Waals surface area contributed by atoms with Crippen molar-refractivity contribution < 1.29 is 4.21 Å². The molecule has 0 heterocycles. The van der Waals surface area contributed by atoms with Crippen LogP contribution in [0.15, 0.2) is 35.8 Å². The first-order chi connectivity index (χ1) is 4.68. The van der Waals surface area contributed by atoms with Crippen molar-refractivity contribution in [2.24, 2.45) is 0 Å². The van der Waals surface area contributed by atoms with E-state index in [0.717, 1.165) is 4.91 Å². The smallest absolute Gasteiger partial charge is 0.0453 e. The maximum atomic E-state index is 10.7. The van der Waals surface area contributed by atoms with E-state index < -0.39 is 10.8 Å². The Labute approximate surface area is 64.6 Å². The normalized spacial score (nSPS) is 15.6. The van der Waals surface area contributed by atoms with Gasteiger partial charge in [-0.2, -0.15) is 0 Å². The van der Waals surface area contributed by atoms with Crippen molar-refractivity contribution in [3.63, 3.8) is 0 Å². The van der Waals surface area contributed by atoms with Crippen LogP contribution in [0.5, 0.6) is 0 Å². The Morgan fingerprint density at radius 3 is 2.50 bits per heavy atom. The van der Waals surface area contributed by atoms with Crippen LogP contribution in [0.25, 0.3) is 0 Å². The van der Waals surface area contributed by atoms with Crippen molar-refractivity contribution in [3.05, 3.63) is 35.8 Å². The average Bonchev–Trinajstić information content (AvgIpc) is 1.88. The lowest BCUT2D eigenvalue weighted by Crippen LogP contribution is -1.84. The molecule has 0 rings (SSSR count). The molecule has 0 aromatic carbocycles. The lowest BCUT2D eigenvalue weighted by Gasteiger charge is -1.88. The van der Waals surface area contributed by atoms with Crippen LogP contribution >= 0.6 is 0 Å². The largest absolute Gasteiger partial charge is 0.255 e. The summed E-state index contributed by atoms with van der Waals surface area (Å²) in [5.41, 5.74) is 0. The van der Waals surface area contributed by atoms with Gasteiger partial charge in [-0.15, -0.1) is 0 Å². The molecular weight excluding hydrogens is 144 g/mol. The summed E-state index contributed by atoms with van der Waals surface area (Å²) >= 11 is 0. The standard InChI is InChI=1S/C8H12OS/c1-4-5-6-7-8(2)10(3)9/h4-7H,1H2,2-3H3/b6-5-,8-7+. The van der Waals surface area contributed by atoms with Gasteiger partial charge in [0, 0.05) is 22.0 Å². The van der Waals surface area contributed by atoms with Gasteiger partial charge in [0.05, 0.1) is 0 Å². The number of allylic oxidation sites excluding steroid dienone is 5. The molecule has 0 N–H and O–H groups in total.